The molecule has 3 rings (SSSR count). The van der Waals surface area contributed by atoms with Crippen LogP contribution in [0.15, 0.2) is 54.6 Å². The average molecular weight is 321 g/mol. The van der Waals surface area contributed by atoms with Crippen molar-refractivity contribution in [2.45, 2.75) is 6.42 Å². The Hall–Kier alpha value is -3.08. The number of aromatic amines is 1. The molecule has 0 aliphatic carbocycles. The smallest absolute Gasteiger partial charge is 0.244 e. The van der Waals surface area contributed by atoms with E-state index in [1.54, 1.807) is 19.3 Å². The van der Waals surface area contributed by atoms with E-state index in [4.69, 9.17) is 4.74 Å². The number of benzene rings is 2. The van der Waals surface area contributed by atoms with Crippen LogP contribution in [0.1, 0.15) is 11.4 Å². The molecular weight excluding hydrogens is 302 g/mol. The fraction of sp³-hybridized carbons (Fsp3) is 0.158. The molecule has 0 unspecified atom stereocenters. The van der Waals surface area contributed by atoms with Crippen LogP contribution in [0.5, 0.6) is 5.75 Å². The standard InChI is InChI=1S/C19H19N3O2/c1-24-15-8-9-16-17(13-15)22-18(21-16)11-12-20-19(23)10-7-14-5-3-2-4-6-14/h2-10,13H,11-12H2,1H3,(H,20,23)(H,21,22)/b10-7+. The topological polar surface area (TPSA) is 67.0 Å². The van der Waals surface area contributed by atoms with E-state index in [1.165, 1.54) is 0 Å². The van der Waals surface area contributed by atoms with Gasteiger partial charge in [0.15, 0.2) is 0 Å². The van der Waals surface area contributed by atoms with E-state index < -0.39 is 0 Å². The Labute approximate surface area is 140 Å². The van der Waals surface area contributed by atoms with Crippen molar-refractivity contribution in [3.05, 3.63) is 66.0 Å². The van der Waals surface area contributed by atoms with Crippen LogP contribution in [0.4, 0.5) is 0 Å². The van der Waals surface area contributed by atoms with Gasteiger partial charge in [-0.25, -0.2) is 4.98 Å². The number of methoxy groups -OCH3 is 1. The molecule has 5 nitrogen and oxygen atoms in total. The van der Waals surface area contributed by atoms with E-state index in [0.717, 1.165) is 28.2 Å². The van der Waals surface area contributed by atoms with Crippen molar-refractivity contribution in [3.8, 4) is 5.75 Å². The maximum Gasteiger partial charge on any atom is 0.244 e. The molecule has 0 aliphatic rings. The summed E-state index contributed by atoms with van der Waals surface area (Å²) >= 11 is 0. The molecule has 122 valence electrons. The van der Waals surface area contributed by atoms with Gasteiger partial charge in [-0.05, 0) is 23.8 Å². The van der Waals surface area contributed by atoms with Crippen molar-refractivity contribution < 1.29 is 9.53 Å². The zero-order valence-electron chi connectivity index (χ0n) is 13.5. The van der Waals surface area contributed by atoms with Gasteiger partial charge in [-0.3, -0.25) is 4.79 Å². The molecule has 1 heterocycles. The molecule has 2 aromatic carbocycles. The van der Waals surface area contributed by atoms with Gasteiger partial charge < -0.3 is 15.0 Å². The first-order valence-corrected chi connectivity index (χ1v) is 7.78. The van der Waals surface area contributed by atoms with Crippen LogP contribution in [0.25, 0.3) is 17.1 Å². The molecule has 2 N–H and O–H groups in total. The van der Waals surface area contributed by atoms with Crippen molar-refractivity contribution in [3.63, 3.8) is 0 Å². The van der Waals surface area contributed by atoms with Crippen molar-refractivity contribution in [2.24, 2.45) is 0 Å². The second-order valence-corrected chi connectivity index (χ2v) is 5.35. The molecule has 0 fully saturated rings. The number of nitrogens with one attached hydrogen (secondary N) is 2. The van der Waals surface area contributed by atoms with Gasteiger partial charge in [0.25, 0.3) is 0 Å². The number of carbonyl (C=O) groups is 1. The van der Waals surface area contributed by atoms with E-state index >= 15 is 0 Å². The average Bonchev–Trinajstić information content (AvgIpc) is 3.02. The second kappa shape index (κ2) is 7.46. The second-order valence-electron chi connectivity index (χ2n) is 5.35. The monoisotopic (exact) mass is 321 g/mol. The SMILES string of the molecule is COc1ccc2nc(CCNC(=O)/C=C/c3ccccc3)[nH]c2c1. The summed E-state index contributed by atoms with van der Waals surface area (Å²) in [4.78, 5) is 19.6. The fourth-order valence-electron chi connectivity index (χ4n) is 2.39. The number of amides is 1. The highest BCUT2D eigenvalue weighted by atomic mass is 16.5. The van der Waals surface area contributed by atoms with Crippen LogP contribution in [0, 0.1) is 0 Å². The van der Waals surface area contributed by atoms with Gasteiger partial charge in [0, 0.05) is 25.1 Å². The lowest BCUT2D eigenvalue weighted by Crippen LogP contribution is -2.23. The van der Waals surface area contributed by atoms with Gasteiger partial charge in [0.05, 0.1) is 18.1 Å². The fourth-order valence-corrected chi connectivity index (χ4v) is 2.39. The molecule has 5 heteroatoms. The lowest BCUT2D eigenvalue weighted by atomic mass is 10.2. The zero-order valence-corrected chi connectivity index (χ0v) is 13.5. The number of ether oxygens (including phenoxy) is 1. The maximum absolute atomic E-state index is 11.8. The summed E-state index contributed by atoms with van der Waals surface area (Å²) in [5.41, 5.74) is 2.82. The molecule has 0 bridgehead atoms. The number of rotatable bonds is 6. The lowest BCUT2D eigenvalue weighted by Gasteiger charge is -2.00. The Morgan fingerprint density at radius 3 is 2.88 bits per heavy atom. The van der Waals surface area contributed by atoms with Crippen molar-refractivity contribution in [1.82, 2.24) is 15.3 Å². The highest BCUT2D eigenvalue weighted by Gasteiger charge is 2.04. The Balaban J connectivity index is 1.52. The first-order valence-electron chi connectivity index (χ1n) is 7.78. The first-order chi connectivity index (χ1) is 11.7. The van der Waals surface area contributed by atoms with Gasteiger partial charge in [0.2, 0.25) is 5.91 Å². The number of fused-ring (bicyclic) bond motifs is 1. The van der Waals surface area contributed by atoms with E-state index in [1.807, 2.05) is 48.5 Å². The van der Waals surface area contributed by atoms with Crippen molar-refractivity contribution >= 4 is 23.0 Å². The highest BCUT2D eigenvalue weighted by Crippen LogP contribution is 2.18. The quantitative estimate of drug-likeness (QED) is 0.686. The Morgan fingerprint density at radius 2 is 2.08 bits per heavy atom. The van der Waals surface area contributed by atoms with Crippen molar-refractivity contribution in [1.29, 1.82) is 0 Å². The summed E-state index contributed by atoms with van der Waals surface area (Å²) < 4.78 is 5.20. The van der Waals surface area contributed by atoms with E-state index in [9.17, 15) is 4.79 Å². The molecule has 0 aliphatic heterocycles. The van der Waals surface area contributed by atoms with Gasteiger partial charge in [-0.2, -0.15) is 0 Å². The molecule has 0 saturated carbocycles. The lowest BCUT2D eigenvalue weighted by molar-refractivity contribution is -0.116. The third-order valence-electron chi connectivity index (χ3n) is 3.63. The van der Waals surface area contributed by atoms with E-state index in [2.05, 4.69) is 15.3 Å². The first kappa shape index (κ1) is 15.8. The summed E-state index contributed by atoms with van der Waals surface area (Å²) in [6, 6.07) is 15.4. The molecule has 1 aromatic heterocycles. The van der Waals surface area contributed by atoms with Crippen LogP contribution in [0.3, 0.4) is 0 Å². The molecule has 1 amide bonds. The predicted octanol–water partition coefficient (Wildman–Crippen LogP) is 2.94. The van der Waals surface area contributed by atoms with E-state index in [0.29, 0.717) is 13.0 Å². The molecule has 0 spiro atoms. The number of nitrogens with zero attached hydrogens (tertiary/aromatic N) is 1. The molecular formula is C19H19N3O2. The molecule has 0 radical (unpaired) electrons. The highest BCUT2D eigenvalue weighted by molar-refractivity contribution is 5.91. The van der Waals surface area contributed by atoms with Gasteiger partial charge in [-0.1, -0.05) is 30.3 Å². The third-order valence-corrected chi connectivity index (χ3v) is 3.63. The minimum absolute atomic E-state index is 0.114. The predicted molar refractivity (Wildman–Crippen MR) is 94.8 cm³/mol. The molecule has 0 saturated heterocycles. The number of hydrogen-bond donors (Lipinski definition) is 2. The summed E-state index contributed by atoms with van der Waals surface area (Å²) in [7, 11) is 1.64. The minimum atomic E-state index is -0.114. The van der Waals surface area contributed by atoms with Crippen LogP contribution in [-0.2, 0) is 11.2 Å². The number of imidazole rings is 1. The Morgan fingerprint density at radius 1 is 1.25 bits per heavy atom. The summed E-state index contributed by atoms with van der Waals surface area (Å²) in [5.74, 6) is 1.51. The summed E-state index contributed by atoms with van der Waals surface area (Å²) in [5, 5.41) is 2.86. The largest absolute Gasteiger partial charge is 0.497 e. The van der Waals surface area contributed by atoms with Gasteiger partial charge in [0.1, 0.15) is 11.6 Å². The summed E-state index contributed by atoms with van der Waals surface area (Å²) in [6.07, 6.45) is 3.98. The van der Waals surface area contributed by atoms with Crippen LogP contribution < -0.4 is 10.1 Å². The van der Waals surface area contributed by atoms with Gasteiger partial charge >= 0.3 is 0 Å². The van der Waals surface area contributed by atoms with Crippen molar-refractivity contribution in [2.75, 3.05) is 13.7 Å². The Kier molecular flexibility index (Phi) is 4.91. The zero-order chi connectivity index (χ0) is 16.8. The molecule has 0 atom stereocenters. The van der Waals surface area contributed by atoms with E-state index in [-0.39, 0.29) is 5.91 Å². The maximum atomic E-state index is 11.8. The number of H-pyrrole nitrogens is 1. The van der Waals surface area contributed by atoms with Crippen LogP contribution in [-0.4, -0.2) is 29.5 Å². The van der Waals surface area contributed by atoms with Gasteiger partial charge in [-0.15, -0.1) is 0 Å². The molecule has 3 aromatic rings. The Bertz CT molecular complexity index is 853. The summed E-state index contributed by atoms with van der Waals surface area (Å²) in [6.45, 7) is 0.523. The van der Waals surface area contributed by atoms with Crippen LogP contribution in [0.2, 0.25) is 0 Å². The third kappa shape index (κ3) is 4.01. The minimum Gasteiger partial charge on any atom is -0.497 e. The normalized spacial score (nSPS) is 11.0. The van der Waals surface area contributed by atoms with Crippen LogP contribution >= 0.6 is 0 Å². The number of carbonyl (C=O) groups excluding carboxylic acids is 1. The number of aromatic nitrogens is 2. The number of hydrogen-bond acceptors (Lipinski definition) is 3. The molecule has 24 heavy (non-hydrogen) atoms.